The van der Waals surface area contributed by atoms with Gasteiger partial charge in [0.2, 0.25) is 0 Å². The zero-order chi connectivity index (χ0) is 14.9. The maximum Gasteiger partial charge on any atom is 0.250 e. The molecule has 0 saturated carbocycles. The van der Waals surface area contributed by atoms with Crippen LogP contribution < -0.4 is 0 Å². The highest BCUT2D eigenvalue weighted by Gasteiger charge is 2.43. The number of ether oxygens (including phenoxy) is 1. The summed E-state index contributed by atoms with van der Waals surface area (Å²) in [5.74, 6) is 0.0907. The molecule has 0 spiro atoms. The first kappa shape index (κ1) is 14.6. The van der Waals surface area contributed by atoms with Gasteiger partial charge in [0.25, 0.3) is 5.91 Å². The molecule has 0 N–H and O–H groups in total. The van der Waals surface area contributed by atoms with Gasteiger partial charge >= 0.3 is 0 Å². The highest BCUT2D eigenvalue weighted by Crippen LogP contribution is 2.33. The van der Waals surface area contributed by atoms with Crippen LogP contribution in [0, 0.1) is 5.92 Å². The van der Waals surface area contributed by atoms with E-state index in [0.717, 1.165) is 50.5 Å². The number of nitrogens with zero attached hydrogens (tertiary/aromatic N) is 3. The van der Waals surface area contributed by atoms with E-state index in [1.54, 1.807) is 16.4 Å². The Morgan fingerprint density at radius 1 is 1.45 bits per heavy atom. The van der Waals surface area contributed by atoms with E-state index in [9.17, 15) is 4.79 Å². The van der Waals surface area contributed by atoms with Crippen LogP contribution in [0.2, 0.25) is 0 Å². The van der Waals surface area contributed by atoms with Crippen molar-refractivity contribution in [3.05, 3.63) is 16.6 Å². The zero-order valence-electron chi connectivity index (χ0n) is 12.5. The fourth-order valence-electron chi connectivity index (χ4n) is 3.74. The average Bonchev–Trinajstić information content (AvgIpc) is 3.27. The maximum absolute atomic E-state index is 12.6. The van der Waals surface area contributed by atoms with Crippen molar-refractivity contribution in [2.24, 2.45) is 5.92 Å². The number of hydrogen-bond acceptors (Lipinski definition) is 6. The van der Waals surface area contributed by atoms with E-state index < -0.39 is 0 Å². The number of carbonyl (C=O) groups excluding carboxylic acids is 1. The molecule has 3 aliphatic heterocycles. The lowest BCUT2D eigenvalue weighted by atomic mass is 9.89. The highest BCUT2D eigenvalue weighted by molar-refractivity contribution is 7.09. The quantitative estimate of drug-likeness (QED) is 0.839. The normalized spacial score (nSPS) is 32.4. The van der Waals surface area contributed by atoms with Crippen molar-refractivity contribution in [1.82, 2.24) is 14.9 Å². The number of thiazole rings is 1. The van der Waals surface area contributed by atoms with Crippen molar-refractivity contribution in [1.29, 1.82) is 0 Å². The number of amides is 1. The Morgan fingerprint density at radius 2 is 2.41 bits per heavy atom. The van der Waals surface area contributed by atoms with Crippen molar-refractivity contribution in [2.45, 2.75) is 38.0 Å². The topological polar surface area (TPSA) is 54.9 Å². The van der Waals surface area contributed by atoms with E-state index in [1.807, 2.05) is 11.6 Å². The molecule has 6 nitrogen and oxygen atoms in total. The molecule has 4 rings (SSSR count). The fourth-order valence-corrected chi connectivity index (χ4v) is 4.38. The first-order valence-electron chi connectivity index (χ1n) is 7.99. The minimum absolute atomic E-state index is 0.0302. The molecule has 120 valence electrons. The SMILES string of the molecule is O=C([C@@H]1C[C@@H]2OCC[C@@H]2N(Cc2nccs2)C1)N1CCCO1. The van der Waals surface area contributed by atoms with Crippen LogP contribution in [0.1, 0.15) is 24.3 Å². The molecule has 0 bridgehead atoms. The number of likely N-dealkylation sites (tertiary alicyclic amines) is 1. The van der Waals surface area contributed by atoms with Gasteiger partial charge in [-0.2, -0.15) is 0 Å². The number of fused-ring (bicyclic) bond motifs is 1. The van der Waals surface area contributed by atoms with Crippen molar-refractivity contribution < 1.29 is 14.4 Å². The third-order valence-electron chi connectivity index (χ3n) is 4.78. The van der Waals surface area contributed by atoms with Gasteiger partial charge in [-0.1, -0.05) is 0 Å². The van der Waals surface area contributed by atoms with Crippen LogP contribution in [0.5, 0.6) is 0 Å². The molecule has 0 aromatic carbocycles. The van der Waals surface area contributed by atoms with Crippen molar-refractivity contribution in [2.75, 3.05) is 26.3 Å². The van der Waals surface area contributed by atoms with Crippen molar-refractivity contribution in [3.63, 3.8) is 0 Å². The van der Waals surface area contributed by atoms with Gasteiger partial charge < -0.3 is 4.74 Å². The summed E-state index contributed by atoms with van der Waals surface area (Å²) < 4.78 is 5.88. The molecular formula is C15H21N3O3S. The number of piperidine rings is 1. The minimum atomic E-state index is -0.0302. The standard InChI is InChI=1S/C15H21N3O3S/c19-15(18-4-1-5-21-18)11-8-13-12(2-6-20-13)17(9-11)10-14-16-3-7-22-14/h3,7,11-13H,1-2,4-6,8-10H2/t11-,12+,13+/m1/s1. The second-order valence-corrected chi connectivity index (χ2v) is 7.16. The van der Waals surface area contributed by atoms with Crippen LogP contribution in [-0.2, 0) is 20.9 Å². The van der Waals surface area contributed by atoms with Gasteiger partial charge in [-0.25, -0.2) is 10.0 Å². The van der Waals surface area contributed by atoms with Crippen LogP contribution in [0.15, 0.2) is 11.6 Å². The Labute approximate surface area is 134 Å². The second kappa shape index (κ2) is 6.23. The Morgan fingerprint density at radius 3 is 3.18 bits per heavy atom. The van der Waals surface area contributed by atoms with Gasteiger partial charge in [-0.3, -0.25) is 14.5 Å². The zero-order valence-corrected chi connectivity index (χ0v) is 13.3. The molecular weight excluding hydrogens is 302 g/mol. The Hall–Kier alpha value is -1.02. The fraction of sp³-hybridized carbons (Fsp3) is 0.733. The molecule has 3 atom stereocenters. The van der Waals surface area contributed by atoms with Gasteiger partial charge in [0.1, 0.15) is 5.01 Å². The summed E-state index contributed by atoms with van der Waals surface area (Å²) >= 11 is 1.67. The lowest BCUT2D eigenvalue weighted by Crippen LogP contribution is -2.52. The monoisotopic (exact) mass is 323 g/mol. The molecule has 0 unspecified atom stereocenters. The average molecular weight is 323 g/mol. The molecule has 3 fully saturated rings. The third-order valence-corrected chi connectivity index (χ3v) is 5.55. The van der Waals surface area contributed by atoms with E-state index >= 15 is 0 Å². The number of aromatic nitrogens is 1. The number of rotatable bonds is 3. The molecule has 1 aromatic heterocycles. The minimum Gasteiger partial charge on any atom is -0.377 e. The van der Waals surface area contributed by atoms with Crippen LogP contribution >= 0.6 is 11.3 Å². The summed E-state index contributed by atoms with van der Waals surface area (Å²) in [5, 5.41) is 4.67. The first-order chi connectivity index (χ1) is 10.8. The molecule has 1 aromatic rings. The predicted molar refractivity (Wildman–Crippen MR) is 81.1 cm³/mol. The number of hydrogen-bond donors (Lipinski definition) is 0. The van der Waals surface area contributed by atoms with Crippen LogP contribution in [0.25, 0.3) is 0 Å². The molecule has 4 heterocycles. The van der Waals surface area contributed by atoms with Gasteiger partial charge in [0.05, 0.1) is 31.7 Å². The van der Waals surface area contributed by atoms with E-state index in [-0.39, 0.29) is 17.9 Å². The summed E-state index contributed by atoms with van der Waals surface area (Å²) in [6.07, 6.45) is 4.82. The number of carbonyl (C=O) groups is 1. The van der Waals surface area contributed by atoms with Gasteiger partial charge in [-0.05, 0) is 19.3 Å². The van der Waals surface area contributed by atoms with Crippen LogP contribution in [0.3, 0.4) is 0 Å². The smallest absolute Gasteiger partial charge is 0.250 e. The molecule has 0 radical (unpaired) electrons. The Balaban J connectivity index is 1.48. The van der Waals surface area contributed by atoms with Crippen molar-refractivity contribution in [3.8, 4) is 0 Å². The summed E-state index contributed by atoms with van der Waals surface area (Å²) in [5.41, 5.74) is 0. The summed E-state index contributed by atoms with van der Waals surface area (Å²) in [4.78, 5) is 24.9. The van der Waals surface area contributed by atoms with E-state index in [1.165, 1.54) is 0 Å². The van der Waals surface area contributed by atoms with Gasteiger partial charge in [-0.15, -0.1) is 11.3 Å². The van der Waals surface area contributed by atoms with E-state index in [2.05, 4.69) is 9.88 Å². The lowest BCUT2D eigenvalue weighted by Gasteiger charge is -2.40. The molecule has 1 amide bonds. The summed E-state index contributed by atoms with van der Waals surface area (Å²) in [7, 11) is 0. The van der Waals surface area contributed by atoms with Crippen LogP contribution in [-0.4, -0.2) is 59.3 Å². The molecule has 7 heteroatoms. The molecule has 0 aliphatic carbocycles. The van der Waals surface area contributed by atoms with E-state index in [0.29, 0.717) is 12.6 Å². The largest absolute Gasteiger partial charge is 0.377 e. The Kier molecular flexibility index (Phi) is 4.13. The molecule has 3 saturated heterocycles. The predicted octanol–water partition coefficient (Wildman–Crippen LogP) is 1.29. The van der Waals surface area contributed by atoms with E-state index in [4.69, 9.17) is 9.57 Å². The summed E-state index contributed by atoms with van der Waals surface area (Å²) in [6.45, 7) is 3.76. The second-order valence-electron chi connectivity index (χ2n) is 6.18. The third kappa shape index (κ3) is 2.78. The molecule has 22 heavy (non-hydrogen) atoms. The first-order valence-corrected chi connectivity index (χ1v) is 8.87. The van der Waals surface area contributed by atoms with Crippen LogP contribution in [0.4, 0.5) is 0 Å². The van der Waals surface area contributed by atoms with Crippen molar-refractivity contribution >= 4 is 17.2 Å². The highest BCUT2D eigenvalue weighted by atomic mass is 32.1. The molecule has 3 aliphatic rings. The Bertz CT molecular complexity index is 518. The maximum atomic E-state index is 12.6. The summed E-state index contributed by atoms with van der Waals surface area (Å²) in [6, 6.07) is 0.424. The van der Waals surface area contributed by atoms with Gasteiger partial charge in [0, 0.05) is 30.8 Å². The number of hydroxylamine groups is 2. The lowest BCUT2D eigenvalue weighted by molar-refractivity contribution is -0.177. The van der Waals surface area contributed by atoms with Gasteiger partial charge in [0.15, 0.2) is 0 Å².